The molecule has 5 heteroatoms. The van der Waals surface area contributed by atoms with Crippen LogP contribution < -0.4 is 0 Å². The van der Waals surface area contributed by atoms with Crippen LogP contribution in [0.2, 0.25) is 0 Å². The molecule has 0 aliphatic carbocycles. The van der Waals surface area contributed by atoms with Crippen molar-refractivity contribution in [2.75, 3.05) is 32.1 Å². The summed E-state index contributed by atoms with van der Waals surface area (Å²) >= 11 is 0. The van der Waals surface area contributed by atoms with E-state index in [0.29, 0.717) is 24.0 Å². The molecule has 1 atom stereocenters. The fraction of sp³-hybridized carbons (Fsp3) is 0.600. The predicted octanol–water partition coefficient (Wildman–Crippen LogP) is 1.82. The molecule has 0 aromatic heterocycles. The van der Waals surface area contributed by atoms with E-state index >= 15 is 0 Å². The highest BCUT2D eigenvalue weighted by molar-refractivity contribution is 7.91. The van der Waals surface area contributed by atoms with Gasteiger partial charge in [-0.15, -0.1) is 0 Å². The van der Waals surface area contributed by atoms with E-state index in [0.717, 1.165) is 13.1 Å². The number of rotatable bonds is 5. The van der Waals surface area contributed by atoms with E-state index in [9.17, 15) is 8.42 Å². The lowest BCUT2D eigenvalue weighted by atomic mass is 10.0. The number of ether oxygens (including phenoxy) is 1. The lowest BCUT2D eigenvalue weighted by Crippen LogP contribution is -2.49. The summed E-state index contributed by atoms with van der Waals surface area (Å²) < 4.78 is 30.4. The Balaban J connectivity index is 2.15. The van der Waals surface area contributed by atoms with Crippen LogP contribution >= 0.6 is 0 Å². The maximum atomic E-state index is 12.5. The van der Waals surface area contributed by atoms with Gasteiger partial charge in [-0.2, -0.15) is 0 Å². The number of hydrogen-bond acceptors (Lipinski definition) is 4. The fourth-order valence-electron chi connectivity index (χ4n) is 2.58. The Morgan fingerprint density at radius 3 is 2.30 bits per heavy atom. The van der Waals surface area contributed by atoms with Gasteiger partial charge in [-0.25, -0.2) is 8.42 Å². The summed E-state index contributed by atoms with van der Waals surface area (Å²) in [7, 11) is -3.24. The molecule has 1 heterocycles. The maximum Gasteiger partial charge on any atom is 0.179 e. The molecule has 4 nitrogen and oxygen atoms in total. The highest BCUT2D eigenvalue weighted by atomic mass is 32.2. The number of sulfone groups is 1. The van der Waals surface area contributed by atoms with Crippen molar-refractivity contribution in [1.82, 2.24) is 4.90 Å². The third-order valence-electron chi connectivity index (χ3n) is 3.78. The average Bonchev–Trinajstić information content (AvgIpc) is 2.46. The quantitative estimate of drug-likeness (QED) is 0.832. The van der Waals surface area contributed by atoms with E-state index in [4.69, 9.17) is 4.74 Å². The van der Waals surface area contributed by atoms with Crippen LogP contribution in [0.5, 0.6) is 0 Å². The van der Waals surface area contributed by atoms with Gasteiger partial charge in [0.1, 0.15) is 0 Å². The number of benzene rings is 1. The minimum atomic E-state index is -3.24. The molecule has 20 heavy (non-hydrogen) atoms. The van der Waals surface area contributed by atoms with Crippen LogP contribution in [0.1, 0.15) is 13.8 Å². The second kappa shape index (κ2) is 6.70. The molecule has 112 valence electrons. The van der Waals surface area contributed by atoms with Crippen molar-refractivity contribution >= 4 is 9.84 Å². The van der Waals surface area contributed by atoms with Gasteiger partial charge in [0, 0.05) is 19.1 Å². The van der Waals surface area contributed by atoms with E-state index in [1.165, 1.54) is 0 Å². The van der Waals surface area contributed by atoms with Crippen molar-refractivity contribution in [2.45, 2.75) is 24.8 Å². The molecule has 1 unspecified atom stereocenters. The van der Waals surface area contributed by atoms with Gasteiger partial charge in [-0.1, -0.05) is 32.0 Å². The average molecular weight is 297 g/mol. The Morgan fingerprint density at radius 1 is 1.15 bits per heavy atom. The Kier molecular flexibility index (Phi) is 5.18. The van der Waals surface area contributed by atoms with Crippen molar-refractivity contribution in [3.8, 4) is 0 Å². The molecule has 1 fully saturated rings. The third-order valence-corrected chi connectivity index (χ3v) is 5.55. The smallest absolute Gasteiger partial charge is 0.179 e. The highest BCUT2D eigenvalue weighted by Gasteiger charge is 2.29. The molecule has 2 rings (SSSR count). The summed E-state index contributed by atoms with van der Waals surface area (Å²) in [4.78, 5) is 2.66. The van der Waals surface area contributed by atoms with Crippen LogP contribution in [-0.2, 0) is 14.6 Å². The van der Waals surface area contributed by atoms with Gasteiger partial charge in [-0.05, 0) is 18.1 Å². The van der Waals surface area contributed by atoms with E-state index in [1.54, 1.807) is 24.3 Å². The molecular formula is C15H23NO3S. The minimum absolute atomic E-state index is 0.0455. The summed E-state index contributed by atoms with van der Waals surface area (Å²) in [5.41, 5.74) is 0. The fourth-order valence-corrected chi connectivity index (χ4v) is 4.39. The van der Waals surface area contributed by atoms with Gasteiger partial charge in [0.05, 0.1) is 23.9 Å². The molecule has 1 aromatic rings. The topological polar surface area (TPSA) is 46.6 Å². The number of nitrogens with zero attached hydrogens (tertiary/aromatic N) is 1. The number of morpholine rings is 1. The number of hydrogen-bond donors (Lipinski definition) is 0. The van der Waals surface area contributed by atoms with Crippen LogP contribution in [0.25, 0.3) is 0 Å². The maximum absolute atomic E-state index is 12.5. The van der Waals surface area contributed by atoms with Gasteiger partial charge < -0.3 is 4.74 Å². The van der Waals surface area contributed by atoms with Crippen LogP contribution in [-0.4, -0.2) is 51.4 Å². The standard InChI is InChI=1S/C15H23NO3S/c1-13(2)15(16-8-10-19-11-9-16)12-20(17,18)14-6-4-3-5-7-14/h3-7,13,15H,8-12H2,1-2H3. The molecule has 1 aromatic carbocycles. The summed E-state index contributed by atoms with van der Waals surface area (Å²) in [6.45, 7) is 7.17. The molecule has 0 bridgehead atoms. The van der Waals surface area contributed by atoms with Crippen LogP contribution in [0.3, 0.4) is 0 Å². The van der Waals surface area contributed by atoms with Crippen molar-refractivity contribution in [1.29, 1.82) is 0 Å². The minimum Gasteiger partial charge on any atom is -0.379 e. The van der Waals surface area contributed by atoms with Gasteiger partial charge >= 0.3 is 0 Å². The van der Waals surface area contributed by atoms with Crippen molar-refractivity contribution in [3.63, 3.8) is 0 Å². The lowest BCUT2D eigenvalue weighted by Gasteiger charge is -2.36. The molecule has 0 radical (unpaired) electrons. The van der Waals surface area contributed by atoms with Crippen LogP contribution in [0.4, 0.5) is 0 Å². The van der Waals surface area contributed by atoms with Crippen molar-refractivity contribution in [2.24, 2.45) is 5.92 Å². The zero-order valence-corrected chi connectivity index (χ0v) is 13.0. The zero-order chi connectivity index (χ0) is 14.6. The first-order valence-electron chi connectivity index (χ1n) is 7.10. The van der Waals surface area contributed by atoms with Crippen molar-refractivity contribution < 1.29 is 13.2 Å². The summed E-state index contributed by atoms with van der Waals surface area (Å²) in [6, 6.07) is 8.76. The Bertz CT molecular complexity index is 507. The first kappa shape index (κ1) is 15.5. The SMILES string of the molecule is CC(C)C(CS(=O)(=O)c1ccccc1)N1CCOCC1. The molecule has 0 N–H and O–H groups in total. The molecular weight excluding hydrogens is 274 g/mol. The largest absolute Gasteiger partial charge is 0.379 e. The van der Waals surface area contributed by atoms with Gasteiger partial charge in [0.15, 0.2) is 9.84 Å². The summed E-state index contributed by atoms with van der Waals surface area (Å²) in [6.07, 6.45) is 0. The Morgan fingerprint density at radius 2 is 1.75 bits per heavy atom. The van der Waals surface area contributed by atoms with Gasteiger partial charge in [0.25, 0.3) is 0 Å². The zero-order valence-electron chi connectivity index (χ0n) is 12.2. The first-order valence-corrected chi connectivity index (χ1v) is 8.75. The lowest BCUT2D eigenvalue weighted by molar-refractivity contribution is 0.0117. The van der Waals surface area contributed by atoms with Crippen LogP contribution in [0, 0.1) is 5.92 Å². The normalized spacial score (nSPS) is 19.1. The molecule has 1 saturated heterocycles. The Labute approximate surface area is 121 Å². The van der Waals surface area contributed by atoms with Crippen molar-refractivity contribution in [3.05, 3.63) is 30.3 Å². The van der Waals surface area contributed by atoms with Crippen LogP contribution in [0.15, 0.2) is 35.2 Å². The van der Waals surface area contributed by atoms with Gasteiger partial charge in [0.2, 0.25) is 0 Å². The second-order valence-corrected chi connectivity index (χ2v) is 7.59. The first-order chi connectivity index (χ1) is 9.50. The van der Waals surface area contributed by atoms with Gasteiger partial charge in [-0.3, -0.25) is 4.90 Å². The monoisotopic (exact) mass is 297 g/mol. The molecule has 0 amide bonds. The van der Waals surface area contributed by atoms with E-state index < -0.39 is 9.84 Å². The molecule has 0 saturated carbocycles. The summed E-state index contributed by atoms with van der Waals surface area (Å²) in [5.74, 6) is 0.473. The highest BCUT2D eigenvalue weighted by Crippen LogP contribution is 2.19. The summed E-state index contributed by atoms with van der Waals surface area (Å²) in [5, 5.41) is 0. The molecule has 1 aliphatic heterocycles. The molecule has 1 aliphatic rings. The second-order valence-electron chi connectivity index (χ2n) is 5.55. The predicted molar refractivity (Wildman–Crippen MR) is 79.5 cm³/mol. The third kappa shape index (κ3) is 3.81. The molecule has 0 spiro atoms. The van der Waals surface area contributed by atoms with E-state index in [-0.39, 0.29) is 11.8 Å². The van der Waals surface area contributed by atoms with E-state index in [1.807, 2.05) is 6.07 Å². The van der Waals surface area contributed by atoms with E-state index in [2.05, 4.69) is 18.7 Å². The Hall–Kier alpha value is -0.910.